The van der Waals surface area contributed by atoms with Gasteiger partial charge in [-0.1, -0.05) is 43.7 Å². The number of hydrogen-bond acceptors (Lipinski definition) is 3. The number of aryl methyl sites for hydroxylation is 1. The van der Waals surface area contributed by atoms with Crippen LogP contribution < -0.4 is 9.47 Å². The Morgan fingerprint density at radius 3 is 1.98 bits per heavy atom. The largest absolute Gasteiger partial charge is 0.490 e. The van der Waals surface area contributed by atoms with Crippen LogP contribution >= 0.6 is 0 Å². The first-order valence-electron chi connectivity index (χ1n) is 14.6. The summed E-state index contributed by atoms with van der Waals surface area (Å²) in [6.45, 7) is 3.92. The Kier molecular flexibility index (Phi) is 10.9. The fourth-order valence-electron chi connectivity index (χ4n) is 5.46. The highest BCUT2D eigenvalue weighted by Crippen LogP contribution is 2.43. The summed E-state index contributed by atoms with van der Waals surface area (Å²) in [6, 6.07) is 7.59. The molecule has 0 aromatic heterocycles. The van der Waals surface area contributed by atoms with Crippen molar-refractivity contribution < 1.29 is 40.6 Å². The lowest BCUT2D eigenvalue weighted by molar-refractivity contribution is 0.0720. The first-order chi connectivity index (χ1) is 20.7. The molecule has 3 nitrogen and oxygen atoms in total. The van der Waals surface area contributed by atoms with E-state index < -0.39 is 58.1 Å². The lowest BCUT2D eigenvalue weighted by Crippen LogP contribution is -2.17. The second kappa shape index (κ2) is 14.6. The van der Waals surface area contributed by atoms with E-state index in [1.807, 2.05) is 26.0 Å². The molecule has 0 radical (unpaired) electrons. The highest BCUT2D eigenvalue weighted by atomic mass is 19.2. The zero-order chi connectivity index (χ0) is 31.1. The summed E-state index contributed by atoms with van der Waals surface area (Å²) in [4.78, 5) is 12.5. The minimum atomic E-state index is -1.52. The number of unbranched alkanes of at least 4 members (excludes halogenated alkanes) is 1. The van der Waals surface area contributed by atoms with Gasteiger partial charge in [-0.15, -0.1) is 0 Å². The van der Waals surface area contributed by atoms with E-state index in [-0.39, 0.29) is 29.4 Å². The Morgan fingerprint density at radius 1 is 0.767 bits per heavy atom. The fourth-order valence-corrected chi connectivity index (χ4v) is 5.46. The molecule has 4 rings (SSSR count). The van der Waals surface area contributed by atoms with Crippen molar-refractivity contribution in [2.45, 2.75) is 77.0 Å². The molecule has 1 aliphatic carbocycles. The Bertz CT molecular complexity index is 1480. The summed E-state index contributed by atoms with van der Waals surface area (Å²) >= 11 is 0. The first kappa shape index (κ1) is 32.2. The van der Waals surface area contributed by atoms with Gasteiger partial charge in [0.1, 0.15) is 0 Å². The van der Waals surface area contributed by atoms with Crippen LogP contribution in [0.4, 0.5) is 26.3 Å². The summed E-state index contributed by atoms with van der Waals surface area (Å²) < 4.78 is 98.6. The van der Waals surface area contributed by atoms with E-state index in [2.05, 4.69) is 0 Å². The smallest absolute Gasteiger partial charge is 0.346 e. The second-order valence-electron chi connectivity index (χ2n) is 10.7. The van der Waals surface area contributed by atoms with Crippen LogP contribution in [0.2, 0.25) is 0 Å². The molecule has 1 aliphatic rings. The number of carbonyl (C=O) groups is 1. The van der Waals surface area contributed by atoms with Crippen molar-refractivity contribution in [3.8, 4) is 11.5 Å². The van der Waals surface area contributed by atoms with Crippen molar-refractivity contribution in [2.75, 3.05) is 6.61 Å². The van der Waals surface area contributed by atoms with Gasteiger partial charge in [-0.3, -0.25) is 0 Å². The number of benzene rings is 3. The van der Waals surface area contributed by atoms with E-state index in [0.717, 1.165) is 24.6 Å². The highest BCUT2D eigenvalue weighted by Gasteiger charge is 2.30. The van der Waals surface area contributed by atoms with Gasteiger partial charge in [0.25, 0.3) is 0 Å². The minimum Gasteiger partial charge on any atom is -0.490 e. The van der Waals surface area contributed by atoms with Crippen molar-refractivity contribution in [3.63, 3.8) is 0 Å². The van der Waals surface area contributed by atoms with E-state index in [4.69, 9.17) is 9.47 Å². The van der Waals surface area contributed by atoms with Gasteiger partial charge >= 0.3 is 5.97 Å². The molecule has 1 saturated carbocycles. The number of rotatable bonds is 11. The summed E-state index contributed by atoms with van der Waals surface area (Å²) in [7, 11) is 0. The summed E-state index contributed by atoms with van der Waals surface area (Å²) in [5, 5.41) is 0. The molecule has 9 heteroatoms. The number of allylic oxidation sites excluding steroid dienone is 2. The van der Waals surface area contributed by atoms with Gasteiger partial charge in [-0.05, 0) is 98.6 Å². The molecule has 0 atom stereocenters. The number of esters is 1. The zero-order valence-corrected chi connectivity index (χ0v) is 24.1. The van der Waals surface area contributed by atoms with Gasteiger partial charge in [-0.2, -0.15) is 8.78 Å². The van der Waals surface area contributed by atoms with E-state index >= 15 is 4.39 Å². The maximum Gasteiger partial charge on any atom is 0.346 e. The molecule has 0 heterocycles. The van der Waals surface area contributed by atoms with Crippen molar-refractivity contribution >= 4 is 5.97 Å². The van der Waals surface area contributed by atoms with Gasteiger partial charge < -0.3 is 9.47 Å². The Balaban J connectivity index is 1.42. The number of ether oxygens (including phenoxy) is 2. The number of hydrogen-bond donors (Lipinski definition) is 0. The molecule has 0 saturated heterocycles. The average Bonchev–Trinajstić information content (AvgIpc) is 3.00. The van der Waals surface area contributed by atoms with Crippen LogP contribution in [0.25, 0.3) is 0 Å². The molecule has 230 valence electrons. The Hall–Kier alpha value is -3.75. The molecule has 0 N–H and O–H groups in total. The SMILES string of the molecule is C/C=C/CCc1ccc(C2CCC(c3ccc(OC(=O)c4ccc(OCCCC)c(F)c4F)c(F)c3F)CC2)c(F)c1F. The minimum absolute atomic E-state index is 0.0625. The predicted octanol–water partition coefficient (Wildman–Crippen LogP) is 9.87. The first-order valence-corrected chi connectivity index (χ1v) is 14.6. The summed E-state index contributed by atoms with van der Waals surface area (Å²) in [6.07, 6.45) is 7.83. The van der Waals surface area contributed by atoms with Crippen molar-refractivity contribution in [3.05, 3.63) is 106 Å². The maximum atomic E-state index is 15.1. The second-order valence-corrected chi connectivity index (χ2v) is 10.7. The highest BCUT2D eigenvalue weighted by molar-refractivity contribution is 5.91. The molecule has 0 amide bonds. The molecule has 3 aromatic rings. The van der Waals surface area contributed by atoms with Gasteiger partial charge in [0.15, 0.2) is 34.8 Å². The van der Waals surface area contributed by atoms with E-state index in [9.17, 15) is 26.7 Å². The van der Waals surface area contributed by atoms with E-state index in [1.165, 1.54) is 6.07 Å². The molecule has 43 heavy (non-hydrogen) atoms. The monoisotopic (exact) mass is 604 g/mol. The molecule has 0 aliphatic heterocycles. The van der Waals surface area contributed by atoms with Gasteiger partial charge in [-0.25, -0.2) is 22.4 Å². The maximum absolute atomic E-state index is 15.1. The van der Waals surface area contributed by atoms with Crippen LogP contribution in [0.1, 0.15) is 97.7 Å². The molecule has 0 spiro atoms. The van der Waals surface area contributed by atoms with E-state index in [1.54, 1.807) is 12.1 Å². The Labute approximate surface area is 247 Å². The van der Waals surface area contributed by atoms with Gasteiger partial charge in [0.05, 0.1) is 12.2 Å². The van der Waals surface area contributed by atoms with Crippen LogP contribution in [0.5, 0.6) is 11.5 Å². The average molecular weight is 605 g/mol. The molecule has 0 unspecified atom stereocenters. The van der Waals surface area contributed by atoms with Crippen molar-refractivity contribution in [2.24, 2.45) is 0 Å². The molecular weight excluding hydrogens is 570 g/mol. The third-order valence-corrected chi connectivity index (χ3v) is 7.92. The van der Waals surface area contributed by atoms with Crippen molar-refractivity contribution in [1.29, 1.82) is 0 Å². The third-order valence-electron chi connectivity index (χ3n) is 7.92. The topological polar surface area (TPSA) is 35.5 Å². The summed E-state index contributed by atoms with van der Waals surface area (Å²) in [5.74, 6) is -10.5. The van der Waals surface area contributed by atoms with Gasteiger partial charge in [0, 0.05) is 0 Å². The number of halogens is 6. The zero-order valence-electron chi connectivity index (χ0n) is 24.1. The fraction of sp³-hybridized carbons (Fsp3) is 0.382. The van der Waals surface area contributed by atoms with Crippen LogP contribution in [-0.4, -0.2) is 12.6 Å². The molecule has 1 fully saturated rings. The van der Waals surface area contributed by atoms with Crippen LogP contribution in [-0.2, 0) is 6.42 Å². The van der Waals surface area contributed by atoms with Gasteiger partial charge in [0.2, 0.25) is 11.6 Å². The lowest BCUT2D eigenvalue weighted by atomic mass is 9.75. The van der Waals surface area contributed by atoms with Crippen LogP contribution in [0, 0.1) is 34.9 Å². The molecule has 0 bridgehead atoms. The van der Waals surface area contributed by atoms with E-state index in [0.29, 0.717) is 50.5 Å². The third kappa shape index (κ3) is 7.25. The normalized spacial score (nSPS) is 16.9. The molecule has 3 aromatic carbocycles. The van der Waals surface area contributed by atoms with Crippen LogP contribution in [0.15, 0.2) is 48.6 Å². The quantitative estimate of drug-likeness (QED) is 0.0719. The molecular formula is C34H34F6O3. The standard InChI is InChI=1S/C34H34F6O3/c1-3-5-7-8-22-13-14-23(29(36)28(22)35)20-9-11-21(12-10-20)24-15-18-27(33(40)30(24)37)43-34(41)25-16-17-26(32(39)31(25)38)42-19-6-4-2/h3,5,13-18,20-21H,4,6-12,19H2,1-2H3/b5-3+. The summed E-state index contributed by atoms with van der Waals surface area (Å²) in [5.41, 5.74) is -0.138. The Morgan fingerprint density at radius 2 is 1.35 bits per heavy atom. The van der Waals surface area contributed by atoms with Crippen LogP contribution in [0.3, 0.4) is 0 Å². The van der Waals surface area contributed by atoms with Crippen molar-refractivity contribution in [1.82, 2.24) is 0 Å². The number of carbonyl (C=O) groups excluding carboxylic acids is 1. The predicted molar refractivity (Wildman–Crippen MR) is 152 cm³/mol. The lowest BCUT2D eigenvalue weighted by Gasteiger charge is -2.30.